The van der Waals surface area contributed by atoms with E-state index in [0.717, 1.165) is 13.4 Å². The normalized spacial score (nSPS) is 10.4. The van der Waals surface area contributed by atoms with Crippen LogP contribution in [0.5, 0.6) is 17.2 Å². The molecule has 0 unspecified atom stereocenters. The van der Waals surface area contributed by atoms with E-state index in [2.05, 4.69) is 63.7 Å². The van der Waals surface area contributed by atoms with Gasteiger partial charge in [0.15, 0.2) is 0 Å². The molecular weight excluding hydrogens is 496 g/mol. The quantitative estimate of drug-likeness (QED) is 0.537. The summed E-state index contributed by atoms with van der Waals surface area (Å²) in [5.41, 5.74) is 0. The molecule has 2 nitrogen and oxygen atoms in total. The highest BCUT2D eigenvalue weighted by Gasteiger charge is 2.07. The van der Waals surface area contributed by atoms with Crippen molar-refractivity contribution in [3.63, 3.8) is 0 Å². The fraction of sp³-hybridized carbons (Fsp3) is 0. The van der Waals surface area contributed by atoms with Gasteiger partial charge < -0.3 is 9.84 Å². The van der Waals surface area contributed by atoms with Gasteiger partial charge in [0.25, 0.3) is 0 Å². The third kappa shape index (κ3) is 3.29. The van der Waals surface area contributed by atoms with Gasteiger partial charge in [-0.1, -0.05) is 47.8 Å². The van der Waals surface area contributed by atoms with Crippen LogP contribution in [0.1, 0.15) is 0 Å². The van der Waals surface area contributed by atoms with Crippen molar-refractivity contribution in [1.29, 1.82) is 0 Å². The van der Waals surface area contributed by atoms with E-state index < -0.39 is 0 Å². The van der Waals surface area contributed by atoms with E-state index in [-0.39, 0.29) is 11.5 Å². The first-order valence-corrected chi connectivity index (χ1v) is 7.93. The van der Waals surface area contributed by atoms with Crippen LogP contribution in [-0.4, -0.2) is 0 Å². The Morgan fingerprint density at radius 3 is 2.11 bits per heavy atom. The molecule has 2 aromatic rings. The smallest absolute Gasteiger partial charge is 0.141 e. The summed E-state index contributed by atoms with van der Waals surface area (Å²) >= 11 is 13.3. The van der Waals surface area contributed by atoms with Gasteiger partial charge in [0, 0.05) is 13.4 Å². The largest absolute Gasteiger partial charge is 0.869 e. The van der Waals surface area contributed by atoms with Gasteiger partial charge in [0.1, 0.15) is 11.5 Å². The van der Waals surface area contributed by atoms with Gasteiger partial charge in [0.05, 0.1) is 4.47 Å². The molecule has 0 radical (unpaired) electrons. The van der Waals surface area contributed by atoms with E-state index in [1.54, 1.807) is 18.2 Å². The van der Waals surface area contributed by atoms with E-state index in [1.165, 1.54) is 0 Å². The minimum absolute atomic E-state index is 0.187. The fourth-order valence-corrected chi connectivity index (χ4v) is 3.60. The molecule has 2 aromatic carbocycles. The highest BCUT2D eigenvalue weighted by molar-refractivity contribution is 9.11. The van der Waals surface area contributed by atoms with Gasteiger partial charge in [-0.15, -0.1) is 0 Å². The molecule has 0 saturated carbocycles. The molecule has 0 aliphatic carbocycles. The molecule has 2 rings (SSSR count). The lowest BCUT2D eigenvalue weighted by atomic mass is 10.3. The van der Waals surface area contributed by atoms with Gasteiger partial charge in [-0.2, -0.15) is 0 Å². The zero-order chi connectivity index (χ0) is 13.3. The second kappa shape index (κ2) is 5.94. The second-order valence-corrected chi connectivity index (χ2v) is 6.93. The first-order valence-electron chi connectivity index (χ1n) is 4.76. The standard InChI is InChI=1S/C12H6Br4O2/c13-6-1-2-10(8(15)3-6)18-11-5-7(14)4-9(16)12(11)17/h1-5,17H/p-1. The minimum Gasteiger partial charge on any atom is -0.869 e. The predicted molar refractivity (Wildman–Crippen MR) is 83.2 cm³/mol. The Bertz CT molecular complexity index is 599. The summed E-state index contributed by atoms with van der Waals surface area (Å²) in [4.78, 5) is 0. The lowest BCUT2D eigenvalue weighted by molar-refractivity contribution is -0.271. The van der Waals surface area contributed by atoms with Crippen molar-refractivity contribution < 1.29 is 9.84 Å². The molecule has 94 valence electrons. The van der Waals surface area contributed by atoms with Gasteiger partial charge in [-0.05, 0) is 52.0 Å². The van der Waals surface area contributed by atoms with Crippen molar-refractivity contribution in [2.75, 3.05) is 0 Å². The molecule has 0 aliphatic rings. The molecule has 0 bridgehead atoms. The fourth-order valence-electron chi connectivity index (χ4n) is 1.29. The number of ether oxygens (including phenoxy) is 1. The maximum Gasteiger partial charge on any atom is 0.141 e. The van der Waals surface area contributed by atoms with Crippen LogP contribution >= 0.6 is 63.7 Å². The van der Waals surface area contributed by atoms with E-state index >= 15 is 0 Å². The van der Waals surface area contributed by atoms with Gasteiger partial charge >= 0.3 is 0 Å². The molecule has 0 saturated heterocycles. The Labute approximate surface area is 138 Å². The van der Waals surface area contributed by atoms with Crippen LogP contribution in [0.2, 0.25) is 0 Å². The van der Waals surface area contributed by atoms with E-state index in [0.29, 0.717) is 10.2 Å². The minimum atomic E-state index is -0.187. The van der Waals surface area contributed by atoms with Crippen LogP contribution in [-0.2, 0) is 0 Å². The van der Waals surface area contributed by atoms with E-state index in [9.17, 15) is 5.11 Å². The summed E-state index contributed by atoms with van der Waals surface area (Å²) in [6, 6.07) is 8.81. The number of hydrogen-bond acceptors (Lipinski definition) is 2. The molecule has 0 heterocycles. The first-order chi connectivity index (χ1) is 8.47. The molecule has 0 spiro atoms. The van der Waals surface area contributed by atoms with Crippen LogP contribution in [0.25, 0.3) is 0 Å². The third-order valence-electron chi connectivity index (χ3n) is 2.09. The summed E-state index contributed by atoms with van der Waals surface area (Å²) in [6.45, 7) is 0. The second-order valence-electron chi connectivity index (χ2n) is 3.39. The van der Waals surface area contributed by atoms with E-state index in [4.69, 9.17) is 4.74 Å². The predicted octanol–water partition coefficient (Wildman–Crippen LogP) is 5.60. The van der Waals surface area contributed by atoms with Crippen LogP contribution in [0, 0.1) is 0 Å². The Kier molecular flexibility index (Phi) is 4.75. The Balaban J connectivity index is 2.40. The van der Waals surface area contributed by atoms with Crippen molar-refractivity contribution in [1.82, 2.24) is 0 Å². The lowest BCUT2D eigenvalue weighted by Gasteiger charge is -2.17. The molecule has 0 fully saturated rings. The molecule has 0 atom stereocenters. The molecule has 0 aromatic heterocycles. The van der Waals surface area contributed by atoms with Gasteiger partial charge in [-0.3, -0.25) is 0 Å². The Morgan fingerprint density at radius 1 is 0.778 bits per heavy atom. The third-order valence-corrected chi connectivity index (χ3v) is 4.25. The summed E-state index contributed by atoms with van der Waals surface area (Å²) in [5.74, 6) is 0.660. The van der Waals surface area contributed by atoms with Crippen LogP contribution in [0.4, 0.5) is 0 Å². The first kappa shape index (κ1) is 14.4. The van der Waals surface area contributed by atoms with Crippen molar-refractivity contribution in [3.8, 4) is 17.2 Å². The summed E-state index contributed by atoms with van der Waals surface area (Å²) in [6.07, 6.45) is 0. The van der Waals surface area contributed by atoms with Gasteiger partial charge in [-0.25, -0.2) is 0 Å². The molecule has 18 heavy (non-hydrogen) atoms. The Hall–Kier alpha value is -0.0400. The molecule has 6 heteroatoms. The summed E-state index contributed by atoms with van der Waals surface area (Å²) < 4.78 is 8.55. The average molecular weight is 501 g/mol. The van der Waals surface area contributed by atoms with Crippen LogP contribution in [0.15, 0.2) is 48.2 Å². The maximum absolute atomic E-state index is 11.9. The highest BCUT2D eigenvalue weighted by atomic mass is 79.9. The molecule has 0 aliphatic heterocycles. The highest BCUT2D eigenvalue weighted by Crippen LogP contribution is 2.39. The SMILES string of the molecule is [O-]c1c(Br)cc(Br)cc1Oc1ccc(Br)cc1Br. The zero-order valence-corrected chi connectivity index (χ0v) is 15.1. The molecular formula is C12H5Br4O2-. The number of halogens is 4. The summed E-state index contributed by atoms with van der Waals surface area (Å²) in [5, 5.41) is 11.9. The van der Waals surface area contributed by atoms with Crippen molar-refractivity contribution in [2.24, 2.45) is 0 Å². The number of benzene rings is 2. The van der Waals surface area contributed by atoms with Crippen molar-refractivity contribution >= 4 is 63.7 Å². The number of hydrogen-bond donors (Lipinski definition) is 0. The van der Waals surface area contributed by atoms with Crippen molar-refractivity contribution in [2.45, 2.75) is 0 Å². The monoisotopic (exact) mass is 497 g/mol. The average Bonchev–Trinajstić information content (AvgIpc) is 2.29. The van der Waals surface area contributed by atoms with Crippen molar-refractivity contribution in [3.05, 3.63) is 48.2 Å². The topological polar surface area (TPSA) is 32.3 Å². The van der Waals surface area contributed by atoms with Crippen LogP contribution < -0.4 is 9.84 Å². The van der Waals surface area contributed by atoms with Gasteiger partial charge in [0.2, 0.25) is 0 Å². The van der Waals surface area contributed by atoms with Crippen LogP contribution in [0.3, 0.4) is 0 Å². The molecule has 0 amide bonds. The maximum atomic E-state index is 11.9. The lowest BCUT2D eigenvalue weighted by Crippen LogP contribution is -1.96. The zero-order valence-electron chi connectivity index (χ0n) is 8.72. The van der Waals surface area contributed by atoms with E-state index in [1.807, 2.05) is 12.1 Å². The Morgan fingerprint density at radius 2 is 1.44 bits per heavy atom. The number of rotatable bonds is 2. The molecule has 0 N–H and O–H groups in total. The summed E-state index contributed by atoms with van der Waals surface area (Å²) in [7, 11) is 0.